The summed E-state index contributed by atoms with van der Waals surface area (Å²) in [7, 11) is 0. The van der Waals surface area contributed by atoms with E-state index < -0.39 is 0 Å². The number of hydrogen-bond acceptors (Lipinski definition) is 0. The quantitative estimate of drug-likeness (QED) is 0.496. The van der Waals surface area contributed by atoms with Crippen LogP contribution >= 0.6 is 0 Å². The van der Waals surface area contributed by atoms with Gasteiger partial charge in [-0.15, -0.1) is 0 Å². The molecule has 0 spiro atoms. The van der Waals surface area contributed by atoms with E-state index in [0.29, 0.717) is 0 Å². The Morgan fingerprint density at radius 1 is 0.692 bits per heavy atom. The maximum atomic E-state index is 2.18. The van der Waals surface area contributed by atoms with E-state index in [1.54, 1.807) is 0 Å². The zero-order valence-electron chi connectivity index (χ0n) is 7.12. The third kappa shape index (κ3) is 0.977. The summed E-state index contributed by atoms with van der Waals surface area (Å²) < 4.78 is 0. The van der Waals surface area contributed by atoms with Crippen LogP contribution < -0.4 is 0 Å². The van der Waals surface area contributed by atoms with Crippen molar-refractivity contribution in [3.63, 3.8) is 0 Å². The molecular weight excluding hydrogens is 160 g/mol. The summed E-state index contributed by atoms with van der Waals surface area (Å²) in [6.45, 7) is 0. The Labute approximate surface area is 76.6 Å². The number of benzene rings is 2. The van der Waals surface area contributed by atoms with Crippen molar-refractivity contribution < 1.29 is 5.48 Å². The van der Waals surface area contributed by atoms with E-state index in [9.17, 15) is 0 Å². The molecule has 2 aromatic carbocycles. The predicted molar refractivity (Wildman–Crippen MR) is 56.5 cm³/mol. The number of hydrogen-bond donors (Lipinski definition) is 0. The molecule has 1 heteroatoms. The third-order valence-corrected chi connectivity index (χ3v) is 2.41. The molecule has 0 saturated carbocycles. The van der Waals surface area contributed by atoms with Crippen LogP contribution in [0, 0.1) is 0 Å². The van der Waals surface area contributed by atoms with Crippen molar-refractivity contribution in [3.8, 4) is 0 Å². The molecular formula is C12H10O. The summed E-state index contributed by atoms with van der Waals surface area (Å²) in [6, 6.07) is 12.9. The molecule has 0 radical (unpaired) electrons. The fraction of sp³-hybridized carbons (Fsp3) is 0. The van der Waals surface area contributed by atoms with Gasteiger partial charge in [0.25, 0.3) is 0 Å². The first-order valence-electron chi connectivity index (χ1n) is 4.15. The molecule has 0 fully saturated rings. The van der Waals surface area contributed by atoms with Gasteiger partial charge in [0.05, 0.1) is 0 Å². The van der Waals surface area contributed by atoms with E-state index in [0.717, 1.165) is 0 Å². The highest BCUT2D eigenvalue weighted by atomic mass is 16.0. The van der Waals surface area contributed by atoms with Crippen LogP contribution in [0.25, 0.3) is 22.9 Å². The topological polar surface area (TPSA) is 31.5 Å². The molecule has 0 atom stereocenters. The minimum absolute atomic E-state index is 0. The van der Waals surface area contributed by atoms with E-state index >= 15 is 0 Å². The summed E-state index contributed by atoms with van der Waals surface area (Å²) in [5.41, 5.74) is 2.70. The molecule has 0 bridgehead atoms. The maximum absolute atomic E-state index is 2.18. The second-order valence-corrected chi connectivity index (χ2v) is 3.13. The molecule has 1 aliphatic rings. The first-order valence-corrected chi connectivity index (χ1v) is 4.15. The first kappa shape index (κ1) is 8.02. The molecule has 0 saturated heterocycles. The van der Waals surface area contributed by atoms with Gasteiger partial charge < -0.3 is 5.48 Å². The second kappa shape index (κ2) is 2.71. The molecule has 0 heterocycles. The zero-order valence-corrected chi connectivity index (χ0v) is 7.12. The van der Waals surface area contributed by atoms with Gasteiger partial charge in [0, 0.05) is 0 Å². The molecule has 2 aromatic rings. The van der Waals surface area contributed by atoms with Gasteiger partial charge >= 0.3 is 0 Å². The highest BCUT2D eigenvalue weighted by Gasteiger charge is 2.06. The molecule has 1 nitrogen and oxygen atoms in total. The Morgan fingerprint density at radius 2 is 1.23 bits per heavy atom. The molecule has 13 heavy (non-hydrogen) atoms. The van der Waals surface area contributed by atoms with Crippen molar-refractivity contribution in [1.82, 2.24) is 0 Å². The summed E-state index contributed by atoms with van der Waals surface area (Å²) in [4.78, 5) is 0. The summed E-state index contributed by atoms with van der Waals surface area (Å²) in [5.74, 6) is 0. The van der Waals surface area contributed by atoms with Crippen LogP contribution in [-0.4, -0.2) is 5.48 Å². The molecule has 3 rings (SSSR count). The zero-order chi connectivity index (χ0) is 7.97. The summed E-state index contributed by atoms with van der Waals surface area (Å²) >= 11 is 0. The highest BCUT2D eigenvalue weighted by Crippen LogP contribution is 2.30. The van der Waals surface area contributed by atoms with Gasteiger partial charge in [-0.05, 0) is 21.9 Å². The van der Waals surface area contributed by atoms with Crippen LogP contribution in [0.15, 0.2) is 36.4 Å². The van der Waals surface area contributed by atoms with Gasteiger partial charge in [-0.1, -0.05) is 48.6 Å². The largest absolute Gasteiger partial charge is 0.412 e. The van der Waals surface area contributed by atoms with E-state index in [-0.39, 0.29) is 5.48 Å². The van der Waals surface area contributed by atoms with Crippen molar-refractivity contribution >= 4 is 22.9 Å². The lowest BCUT2D eigenvalue weighted by molar-refractivity contribution is 0.824. The van der Waals surface area contributed by atoms with E-state index in [1.165, 1.54) is 21.9 Å². The average molecular weight is 170 g/mol. The van der Waals surface area contributed by atoms with Crippen LogP contribution in [0.1, 0.15) is 11.1 Å². The minimum Gasteiger partial charge on any atom is -0.412 e. The van der Waals surface area contributed by atoms with Crippen LogP contribution in [0.3, 0.4) is 0 Å². The third-order valence-electron chi connectivity index (χ3n) is 2.41. The van der Waals surface area contributed by atoms with Crippen LogP contribution in [0.4, 0.5) is 0 Å². The standard InChI is InChI=1S/C12H8.H2O/c1-3-9-4-2-6-11-8-7-10(5-1)12(9)11;/h1-8H;1H2. The Balaban J connectivity index is 0.000000653. The normalized spacial score (nSPS) is 11.7. The summed E-state index contributed by atoms with van der Waals surface area (Å²) in [5, 5.41) is 2.75. The van der Waals surface area contributed by atoms with Gasteiger partial charge in [0.15, 0.2) is 0 Å². The van der Waals surface area contributed by atoms with Crippen LogP contribution in [-0.2, 0) is 0 Å². The SMILES string of the molecule is C1=Cc2cccc3cccc1c23.O. The maximum Gasteiger partial charge on any atom is -0.00389 e. The Bertz CT molecular complexity index is 443. The number of rotatable bonds is 0. The Kier molecular flexibility index (Phi) is 1.67. The molecule has 2 N–H and O–H groups in total. The lowest BCUT2D eigenvalue weighted by Crippen LogP contribution is -1.76. The van der Waals surface area contributed by atoms with Gasteiger partial charge in [0.2, 0.25) is 0 Å². The van der Waals surface area contributed by atoms with Crippen molar-refractivity contribution in [2.45, 2.75) is 0 Å². The van der Waals surface area contributed by atoms with Crippen molar-refractivity contribution in [2.75, 3.05) is 0 Å². The molecule has 0 amide bonds. The Hall–Kier alpha value is -1.60. The predicted octanol–water partition coefficient (Wildman–Crippen LogP) is 2.50. The van der Waals surface area contributed by atoms with Crippen molar-refractivity contribution in [2.24, 2.45) is 0 Å². The molecule has 0 aromatic heterocycles. The van der Waals surface area contributed by atoms with Crippen LogP contribution in [0.2, 0.25) is 0 Å². The average Bonchev–Trinajstić information content (AvgIpc) is 2.52. The van der Waals surface area contributed by atoms with Gasteiger partial charge in [-0.2, -0.15) is 0 Å². The van der Waals surface area contributed by atoms with Crippen molar-refractivity contribution in [3.05, 3.63) is 47.5 Å². The highest BCUT2D eigenvalue weighted by molar-refractivity contribution is 6.04. The lowest BCUT2D eigenvalue weighted by Gasteiger charge is -1.99. The summed E-state index contributed by atoms with van der Waals surface area (Å²) in [6.07, 6.45) is 4.36. The lowest BCUT2D eigenvalue weighted by atomic mass is 10.0. The van der Waals surface area contributed by atoms with E-state index in [1.807, 2.05) is 0 Å². The molecule has 0 unspecified atom stereocenters. The van der Waals surface area contributed by atoms with E-state index in [2.05, 4.69) is 48.6 Å². The van der Waals surface area contributed by atoms with Crippen LogP contribution in [0.5, 0.6) is 0 Å². The molecule has 0 aliphatic heterocycles. The minimum atomic E-state index is 0. The second-order valence-electron chi connectivity index (χ2n) is 3.13. The van der Waals surface area contributed by atoms with Crippen molar-refractivity contribution in [1.29, 1.82) is 0 Å². The van der Waals surface area contributed by atoms with Gasteiger partial charge in [-0.3, -0.25) is 0 Å². The fourth-order valence-electron chi connectivity index (χ4n) is 1.86. The van der Waals surface area contributed by atoms with Gasteiger partial charge in [-0.25, -0.2) is 0 Å². The Morgan fingerprint density at radius 3 is 1.77 bits per heavy atom. The smallest absolute Gasteiger partial charge is 0.00389 e. The van der Waals surface area contributed by atoms with E-state index in [4.69, 9.17) is 0 Å². The molecule has 1 aliphatic carbocycles. The monoisotopic (exact) mass is 170 g/mol. The first-order chi connectivity index (χ1) is 5.95. The molecule has 64 valence electrons. The fourth-order valence-corrected chi connectivity index (χ4v) is 1.86. The van der Waals surface area contributed by atoms with Gasteiger partial charge in [0.1, 0.15) is 0 Å².